The number of hydrogen-bond donors (Lipinski definition) is 0. The summed E-state index contributed by atoms with van der Waals surface area (Å²) in [6.07, 6.45) is 1.71. The summed E-state index contributed by atoms with van der Waals surface area (Å²) in [5.41, 5.74) is 3.26. The molecule has 1 amide bonds. The summed E-state index contributed by atoms with van der Waals surface area (Å²) in [5, 5.41) is 0. The Bertz CT molecular complexity index is 939. The van der Waals surface area contributed by atoms with Gasteiger partial charge in [-0.2, -0.15) is 0 Å². The summed E-state index contributed by atoms with van der Waals surface area (Å²) >= 11 is 0. The monoisotopic (exact) mass is 412 g/mol. The lowest BCUT2D eigenvalue weighted by atomic mass is 9.96. The van der Waals surface area contributed by atoms with Crippen molar-refractivity contribution in [2.75, 3.05) is 32.8 Å². The highest BCUT2D eigenvalue weighted by atomic mass is 16.5. The number of carbonyl (C=O) groups is 1. The molecule has 0 bridgehead atoms. The summed E-state index contributed by atoms with van der Waals surface area (Å²) < 4.78 is 5.51. The number of carbonyl (C=O) groups excluding carboxylic acids is 1. The first-order valence-electron chi connectivity index (χ1n) is 10.7. The maximum atomic E-state index is 13.0. The van der Waals surface area contributed by atoms with Gasteiger partial charge in [-0.15, -0.1) is 0 Å². The van der Waals surface area contributed by atoms with Crippen LogP contribution in [0.5, 0.6) is 5.75 Å². The van der Waals surface area contributed by atoms with Crippen molar-refractivity contribution in [2.24, 2.45) is 0 Å². The first-order valence-corrected chi connectivity index (χ1v) is 10.7. The fraction of sp³-hybridized carbons (Fsp3) is 0.222. The Morgan fingerprint density at radius 1 is 0.839 bits per heavy atom. The molecule has 0 spiro atoms. The van der Waals surface area contributed by atoms with E-state index >= 15 is 0 Å². The van der Waals surface area contributed by atoms with E-state index in [1.165, 1.54) is 11.1 Å². The minimum absolute atomic E-state index is 0.0749. The number of rotatable bonds is 7. The quantitative estimate of drug-likeness (QED) is 0.523. The molecule has 3 aromatic carbocycles. The Morgan fingerprint density at radius 2 is 1.39 bits per heavy atom. The maximum absolute atomic E-state index is 13.0. The first-order chi connectivity index (χ1) is 15.3. The van der Waals surface area contributed by atoms with Crippen LogP contribution in [0, 0.1) is 0 Å². The smallest absolute Gasteiger partial charge is 0.253 e. The minimum Gasteiger partial charge on any atom is -0.490 e. The third-order valence-electron chi connectivity index (χ3n) is 5.67. The molecule has 1 saturated heterocycles. The van der Waals surface area contributed by atoms with Crippen LogP contribution in [0.15, 0.2) is 97.6 Å². The van der Waals surface area contributed by atoms with Crippen molar-refractivity contribution in [1.29, 1.82) is 0 Å². The molecule has 1 fully saturated rings. The fourth-order valence-electron chi connectivity index (χ4n) is 4.10. The van der Waals surface area contributed by atoms with Gasteiger partial charge in [0.15, 0.2) is 0 Å². The number of amides is 1. The second kappa shape index (κ2) is 10.1. The molecule has 31 heavy (non-hydrogen) atoms. The number of ether oxygens (including phenoxy) is 1. The highest BCUT2D eigenvalue weighted by molar-refractivity contribution is 5.94. The number of benzene rings is 3. The topological polar surface area (TPSA) is 32.8 Å². The zero-order chi connectivity index (χ0) is 21.5. The third-order valence-corrected chi connectivity index (χ3v) is 5.67. The lowest BCUT2D eigenvalue weighted by molar-refractivity contribution is 0.0597. The molecule has 0 atom stereocenters. The summed E-state index contributed by atoms with van der Waals surface area (Å²) in [6.45, 7) is 7.20. The normalized spacial score (nSPS) is 14.4. The molecular weight excluding hydrogens is 384 g/mol. The summed E-state index contributed by atoms with van der Waals surface area (Å²) in [7, 11) is 0. The van der Waals surface area contributed by atoms with Crippen LogP contribution in [-0.2, 0) is 0 Å². The van der Waals surface area contributed by atoms with Crippen LogP contribution in [0.4, 0.5) is 0 Å². The Morgan fingerprint density at radius 3 is 1.90 bits per heavy atom. The second-order valence-electron chi connectivity index (χ2n) is 7.68. The zero-order valence-corrected chi connectivity index (χ0v) is 17.7. The van der Waals surface area contributed by atoms with Crippen LogP contribution in [0.2, 0.25) is 0 Å². The van der Waals surface area contributed by atoms with Gasteiger partial charge in [0.25, 0.3) is 5.91 Å². The van der Waals surface area contributed by atoms with Gasteiger partial charge < -0.3 is 9.64 Å². The fourth-order valence-corrected chi connectivity index (χ4v) is 4.10. The Balaban J connectivity index is 1.44. The van der Waals surface area contributed by atoms with E-state index in [0.29, 0.717) is 25.3 Å². The second-order valence-corrected chi connectivity index (χ2v) is 7.68. The van der Waals surface area contributed by atoms with Gasteiger partial charge in [-0.3, -0.25) is 9.69 Å². The molecule has 4 nitrogen and oxygen atoms in total. The Kier molecular flexibility index (Phi) is 6.80. The van der Waals surface area contributed by atoms with Gasteiger partial charge in [0.05, 0.1) is 6.04 Å². The molecule has 158 valence electrons. The predicted octanol–water partition coefficient (Wildman–Crippen LogP) is 4.80. The molecule has 3 aromatic rings. The van der Waals surface area contributed by atoms with E-state index < -0.39 is 0 Å². The van der Waals surface area contributed by atoms with Crippen molar-refractivity contribution >= 4 is 5.91 Å². The van der Waals surface area contributed by atoms with Crippen LogP contribution in [0.1, 0.15) is 27.5 Å². The molecule has 0 unspecified atom stereocenters. The third kappa shape index (κ3) is 5.04. The maximum Gasteiger partial charge on any atom is 0.253 e. The van der Waals surface area contributed by atoms with Crippen molar-refractivity contribution in [2.45, 2.75) is 6.04 Å². The van der Waals surface area contributed by atoms with Crippen LogP contribution < -0.4 is 4.74 Å². The van der Waals surface area contributed by atoms with E-state index in [-0.39, 0.29) is 11.9 Å². The van der Waals surface area contributed by atoms with E-state index in [1.54, 1.807) is 6.08 Å². The van der Waals surface area contributed by atoms with Gasteiger partial charge in [-0.1, -0.05) is 73.3 Å². The van der Waals surface area contributed by atoms with E-state index in [2.05, 4.69) is 72.1 Å². The number of piperazine rings is 1. The van der Waals surface area contributed by atoms with Crippen molar-refractivity contribution in [3.05, 3.63) is 114 Å². The summed E-state index contributed by atoms with van der Waals surface area (Å²) in [5.74, 6) is 0.820. The Labute approximate surface area is 184 Å². The lowest BCUT2D eigenvalue weighted by Crippen LogP contribution is -2.49. The number of hydrogen-bond acceptors (Lipinski definition) is 3. The molecule has 4 rings (SSSR count). The standard InChI is InChI=1S/C27H28N2O2/c1-2-21-31-25-15-13-24(14-16-25)27(30)29-19-17-28(18-20-29)26(22-9-5-3-6-10-22)23-11-7-4-8-12-23/h2-16,26H,1,17-21H2. The predicted molar refractivity (Wildman–Crippen MR) is 124 cm³/mol. The van der Waals surface area contributed by atoms with Crippen molar-refractivity contribution in [1.82, 2.24) is 9.80 Å². The lowest BCUT2D eigenvalue weighted by Gasteiger charge is -2.39. The first kappa shape index (κ1) is 20.9. The van der Waals surface area contributed by atoms with Crippen LogP contribution in [0.3, 0.4) is 0 Å². The molecule has 1 heterocycles. The molecule has 1 aliphatic heterocycles. The van der Waals surface area contributed by atoms with Crippen LogP contribution >= 0.6 is 0 Å². The molecule has 0 aromatic heterocycles. The van der Waals surface area contributed by atoms with E-state index in [1.807, 2.05) is 29.2 Å². The average Bonchev–Trinajstić information content (AvgIpc) is 2.85. The average molecular weight is 413 g/mol. The highest BCUT2D eigenvalue weighted by Crippen LogP contribution is 2.29. The van der Waals surface area contributed by atoms with Crippen LogP contribution in [-0.4, -0.2) is 48.5 Å². The van der Waals surface area contributed by atoms with Crippen molar-refractivity contribution in [3.63, 3.8) is 0 Å². The highest BCUT2D eigenvalue weighted by Gasteiger charge is 2.28. The summed E-state index contributed by atoms with van der Waals surface area (Å²) in [4.78, 5) is 17.4. The molecular formula is C27H28N2O2. The zero-order valence-electron chi connectivity index (χ0n) is 17.7. The van der Waals surface area contributed by atoms with Crippen molar-refractivity contribution in [3.8, 4) is 5.75 Å². The molecule has 4 heteroatoms. The van der Waals surface area contributed by atoms with E-state index in [9.17, 15) is 4.79 Å². The Hall–Kier alpha value is -3.37. The van der Waals surface area contributed by atoms with E-state index in [0.717, 1.165) is 18.8 Å². The molecule has 0 radical (unpaired) electrons. The summed E-state index contributed by atoms with van der Waals surface area (Å²) in [6, 6.07) is 28.8. The van der Waals surface area contributed by atoms with E-state index in [4.69, 9.17) is 4.74 Å². The SMILES string of the molecule is C=CCOc1ccc(C(=O)N2CCN(C(c3ccccc3)c3ccccc3)CC2)cc1. The van der Waals surface area contributed by atoms with Gasteiger partial charge in [-0.05, 0) is 35.4 Å². The number of nitrogens with zero attached hydrogens (tertiary/aromatic N) is 2. The van der Waals surface area contributed by atoms with Gasteiger partial charge in [0, 0.05) is 31.7 Å². The largest absolute Gasteiger partial charge is 0.490 e. The molecule has 1 aliphatic rings. The minimum atomic E-state index is 0.0749. The molecule has 0 saturated carbocycles. The van der Waals surface area contributed by atoms with Gasteiger partial charge in [0.2, 0.25) is 0 Å². The van der Waals surface area contributed by atoms with Gasteiger partial charge >= 0.3 is 0 Å². The van der Waals surface area contributed by atoms with Gasteiger partial charge in [-0.25, -0.2) is 0 Å². The molecule has 0 aliphatic carbocycles. The van der Waals surface area contributed by atoms with Crippen LogP contribution in [0.25, 0.3) is 0 Å². The molecule has 0 N–H and O–H groups in total. The van der Waals surface area contributed by atoms with Gasteiger partial charge in [0.1, 0.15) is 12.4 Å². The van der Waals surface area contributed by atoms with Crippen molar-refractivity contribution < 1.29 is 9.53 Å².